The monoisotopic (exact) mass is 333 g/mol. The van der Waals surface area contributed by atoms with Crippen LogP contribution in [0, 0.1) is 0 Å². The molecule has 0 bridgehead atoms. The van der Waals surface area contributed by atoms with Gasteiger partial charge in [-0.2, -0.15) is 0 Å². The number of hydrogen-bond donors (Lipinski definition) is 0. The Labute approximate surface area is 130 Å². The number of hydrogen-bond acceptors (Lipinski definition) is 8. The fraction of sp³-hybridized carbons (Fsp3) is 0.750. The normalized spacial score (nSPS) is 29.8. The molecule has 0 aromatic rings. The van der Waals surface area contributed by atoms with Crippen molar-refractivity contribution in [3.63, 3.8) is 0 Å². The average Bonchev–Trinajstić information content (AvgIpc) is 2.42. The molecule has 1 unspecified atom stereocenters. The molecule has 5 atom stereocenters. The van der Waals surface area contributed by atoms with E-state index in [1.54, 1.807) is 0 Å². The van der Waals surface area contributed by atoms with Gasteiger partial charge in [-0.1, -0.05) is 5.11 Å². The van der Waals surface area contributed by atoms with Crippen LogP contribution in [0.2, 0.25) is 0 Å². The molecule has 1 fully saturated rings. The summed E-state index contributed by atoms with van der Waals surface area (Å²) >= 11 is 0. The summed E-state index contributed by atoms with van der Waals surface area (Å²) in [4.78, 5) is 35.8. The van der Waals surface area contributed by atoms with Crippen LogP contribution in [0.4, 0.5) is 4.39 Å². The van der Waals surface area contributed by atoms with Crippen molar-refractivity contribution in [3.05, 3.63) is 10.4 Å². The molecule has 11 heteroatoms. The summed E-state index contributed by atoms with van der Waals surface area (Å²) < 4.78 is 33.7. The van der Waals surface area contributed by atoms with Crippen molar-refractivity contribution in [1.29, 1.82) is 0 Å². The maximum Gasteiger partial charge on any atom is 0.303 e. The number of halogens is 1. The molecule has 1 heterocycles. The summed E-state index contributed by atoms with van der Waals surface area (Å²) in [5, 5.41) is 3.19. The van der Waals surface area contributed by atoms with E-state index in [9.17, 15) is 18.8 Å². The molecular weight excluding hydrogens is 317 g/mol. The Morgan fingerprint density at radius 1 is 1.13 bits per heavy atom. The second-order valence-electron chi connectivity index (χ2n) is 4.67. The van der Waals surface area contributed by atoms with Crippen LogP contribution in [0.15, 0.2) is 5.11 Å². The van der Waals surface area contributed by atoms with Gasteiger partial charge in [0.25, 0.3) is 0 Å². The molecule has 0 aromatic carbocycles. The van der Waals surface area contributed by atoms with Crippen molar-refractivity contribution in [2.45, 2.75) is 51.5 Å². The minimum atomic E-state index is -2.14. The Balaban J connectivity index is 3.11. The topological polar surface area (TPSA) is 137 Å². The van der Waals surface area contributed by atoms with E-state index in [0.717, 1.165) is 20.8 Å². The Kier molecular flexibility index (Phi) is 6.73. The minimum absolute atomic E-state index is 0.436. The summed E-state index contributed by atoms with van der Waals surface area (Å²) in [6, 6.07) is -1.55. The van der Waals surface area contributed by atoms with E-state index in [1.807, 2.05) is 0 Å². The second kappa shape index (κ2) is 8.30. The van der Waals surface area contributed by atoms with Crippen molar-refractivity contribution in [2.75, 3.05) is 6.61 Å². The predicted molar refractivity (Wildman–Crippen MR) is 70.4 cm³/mol. The second-order valence-corrected chi connectivity index (χ2v) is 4.67. The summed E-state index contributed by atoms with van der Waals surface area (Å²) in [6.07, 6.45) is -6.09. The molecule has 0 aliphatic carbocycles. The highest BCUT2D eigenvalue weighted by Gasteiger charge is 2.50. The number of alkyl halides is 1. The first-order valence-corrected chi connectivity index (χ1v) is 6.57. The summed E-state index contributed by atoms with van der Waals surface area (Å²) in [5.41, 5.74) is 8.52. The van der Waals surface area contributed by atoms with Gasteiger partial charge in [-0.3, -0.25) is 14.4 Å². The largest absolute Gasteiger partial charge is 0.463 e. The smallest absolute Gasteiger partial charge is 0.303 e. The Morgan fingerprint density at radius 3 is 2.17 bits per heavy atom. The van der Waals surface area contributed by atoms with E-state index < -0.39 is 55.2 Å². The third-order valence-electron chi connectivity index (χ3n) is 2.84. The fourth-order valence-corrected chi connectivity index (χ4v) is 2.05. The first-order chi connectivity index (χ1) is 10.8. The van der Waals surface area contributed by atoms with Gasteiger partial charge in [0, 0.05) is 25.7 Å². The van der Waals surface area contributed by atoms with Gasteiger partial charge in [0.15, 0.2) is 12.2 Å². The highest BCUT2D eigenvalue weighted by molar-refractivity contribution is 5.67. The number of azide groups is 1. The number of carbonyl (C=O) groups excluding carboxylic acids is 3. The fourth-order valence-electron chi connectivity index (χ4n) is 2.05. The van der Waals surface area contributed by atoms with Crippen LogP contribution >= 0.6 is 0 Å². The average molecular weight is 333 g/mol. The van der Waals surface area contributed by atoms with E-state index in [0.29, 0.717) is 0 Å². The summed E-state index contributed by atoms with van der Waals surface area (Å²) in [6.45, 7) is 2.83. The molecule has 1 saturated heterocycles. The van der Waals surface area contributed by atoms with Crippen LogP contribution in [0.1, 0.15) is 20.8 Å². The zero-order valence-corrected chi connectivity index (χ0v) is 12.7. The molecule has 0 spiro atoms. The van der Waals surface area contributed by atoms with Gasteiger partial charge >= 0.3 is 17.9 Å². The number of rotatable bonds is 5. The molecule has 0 aromatic heterocycles. The van der Waals surface area contributed by atoms with Gasteiger partial charge in [-0.15, -0.1) is 0 Å². The van der Waals surface area contributed by atoms with Crippen LogP contribution < -0.4 is 0 Å². The maximum absolute atomic E-state index is 14.1. The van der Waals surface area contributed by atoms with E-state index in [4.69, 9.17) is 24.5 Å². The summed E-state index contributed by atoms with van der Waals surface area (Å²) in [5.74, 6) is -2.22. The van der Waals surface area contributed by atoms with Gasteiger partial charge < -0.3 is 18.9 Å². The third kappa shape index (κ3) is 5.38. The van der Waals surface area contributed by atoms with Crippen LogP contribution in [-0.4, -0.2) is 55.2 Å². The third-order valence-corrected chi connectivity index (χ3v) is 2.84. The van der Waals surface area contributed by atoms with Gasteiger partial charge in [0.05, 0.1) is 0 Å². The lowest BCUT2D eigenvalue weighted by molar-refractivity contribution is -0.241. The molecule has 1 rings (SSSR count). The molecule has 0 saturated carbocycles. The van der Waals surface area contributed by atoms with Crippen molar-refractivity contribution in [3.8, 4) is 0 Å². The number of ether oxygens (including phenoxy) is 4. The Hall–Kier alpha value is -2.39. The van der Waals surface area contributed by atoms with Crippen LogP contribution in [0.3, 0.4) is 0 Å². The lowest BCUT2D eigenvalue weighted by Gasteiger charge is -2.40. The standard InChI is InChI=1S/C12H16FN3O7/c1-5(17)20-4-8-10(21-6(2)18)11(22-7(3)19)9(15-16-14)12(13)23-8/h8-12H,4H2,1-3H3/t8-,9-,10-,11-,12?/m1/s1. The minimum Gasteiger partial charge on any atom is -0.463 e. The van der Waals surface area contributed by atoms with Crippen LogP contribution in [0.5, 0.6) is 0 Å². The van der Waals surface area contributed by atoms with E-state index in [-0.39, 0.29) is 0 Å². The lowest BCUT2D eigenvalue weighted by Crippen LogP contribution is -2.59. The first-order valence-electron chi connectivity index (χ1n) is 6.57. The molecule has 1 aliphatic heterocycles. The van der Waals surface area contributed by atoms with Gasteiger partial charge in [0.2, 0.25) is 6.36 Å². The van der Waals surface area contributed by atoms with Crippen molar-refractivity contribution >= 4 is 17.9 Å². The zero-order valence-electron chi connectivity index (χ0n) is 12.7. The van der Waals surface area contributed by atoms with Gasteiger partial charge in [-0.05, 0) is 5.53 Å². The highest BCUT2D eigenvalue weighted by atomic mass is 19.1. The summed E-state index contributed by atoms with van der Waals surface area (Å²) in [7, 11) is 0. The molecule has 0 N–H and O–H groups in total. The van der Waals surface area contributed by atoms with Gasteiger partial charge in [0.1, 0.15) is 18.8 Å². The molecule has 0 radical (unpaired) electrons. The number of carbonyl (C=O) groups is 3. The van der Waals surface area contributed by atoms with Crippen molar-refractivity contribution in [1.82, 2.24) is 0 Å². The Bertz CT molecular complexity index is 523. The van der Waals surface area contributed by atoms with E-state index in [1.165, 1.54) is 0 Å². The maximum atomic E-state index is 14.1. The number of esters is 3. The molecular formula is C12H16FN3O7. The molecule has 0 amide bonds. The van der Waals surface area contributed by atoms with Crippen molar-refractivity contribution < 1.29 is 37.7 Å². The number of nitrogens with zero attached hydrogens (tertiary/aromatic N) is 3. The van der Waals surface area contributed by atoms with Crippen molar-refractivity contribution in [2.24, 2.45) is 5.11 Å². The van der Waals surface area contributed by atoms with Crippen LogP contribution in [0.25, 0.3) is 10.4 Å². The zero-order chi connectivity index (χ0) is 17.6. The predicted octanol–water partition coefficient (Wildman–Crippen LogP) is 0.786. The van der Waals surface area contributed by atoms with Gasteiger partial charge in [-0.25, -0.2) is 4.39 Å². The van der Waals surface area contributed by atoms with E-state index in [2.05, 4.69) is 10.0 Å². The van der Waals surface area contributed by atoms with E-state index >= 15 is 0 Å². The molecule has 10 nitrogen and oxygen atoms in total. The molecule has 23 heavy (non-hydrogen) atoms. The quantitative estimate of drug-likeness (QED) is 0.238. The molecule has 128 valence electrons. The van der Waals surface area contributed by atoms with Crippen LogP contribution in [-0.2, 0) is 33.3 Å². The highest BCUT2D eigenvalue weighted by Crippen LogP contribution is 2.29. The first kappa shape index (κ1) is 18.7. The SMILES string of the molecule is CC(=O)OC[C@H]1OC(F)[C@H](N=[N+]=[N-])[C@@H](OC(C)=O)[C@@H]1OC(C)=O. The lowest BCUT2D eigenvalue weighted by atomic mass is 9.97. The molecule has 1 aliphatic rings. The Morgan fingerprint density at radius 2 is 1.70 bits per heavy atom.